The zero-order valence-electron chi connectivity index (χ0n) is 15.7. The highest BCUT2D eigenvalue weighted by Gasteiger charge is 2.44. The van der Waals surface area contributed by atoms with Crippen LogP contribution < -0.4 is 0 Å². The summed E-state index contributed by atoms with van der Waals surface area (Å²) in [7, 11) is -3.11. The number of nitrogens with zero attached hydrogens (tertiary/aromatic N) is 3. The molecule has 1 amide bonds. The second-order valence-electron chi connectivity index (χ2n) is 7.27. The zero-order chi connectivity index (χ0) is 19.7. The number of hydrogen-bond acceptors (Lipinski definition) is 7. The first-order chi connectivity index (χ1) is 13.5. The van der Waals surface area contributed by atoms with Gasteiger partial charge in [0.05, 0.1) is 22.3 Å². The number of amides is 1. The van der Waals surface area contributed by atoms with E-state index in [0.29, 0.717) is 29.5 Å². The monoisotopic (exact) mass is 421 g/mol. The molecule has 2 heterocycles. The molecule has 4 rings (SSSR count). The molecule has 2 atom stereocenters. The average molecular weight is 422 g/mol. The van der Waals surface area contributed by atoms with E-state index in [1.54, 1.807) is 11.8 Å². The molecule has 2 aromatic rings. The Labute approximate surface area is 168 Å². The number of aryl methyl sites for hydroxylation is 1. The summed E-state index contributed by atoms with van der Waals surface area (Å²) in [6.45, 7) is 2.01. The summed E-state index contributed by atoms with van der Waals surface area (Å²) in [5.74, 6) is 1.57. The van der Waals surface area contributed by atoms with Gasteiger partial charge in [-0.15, -0.1) is 11.8 Å². The van der Waals surface area contributed by atoms with E-state index in [4.69, 9.17) is 4.52 Å². The summed E-state index contributed by atoms with van der Waals surface area (Å²) in [6.07, 6.45) is 3.30. The Kier molecular flexibility index (Phi) is 5.46. The maximum Gasteiger partial charge on any atom is 0.255 e. The molecule has 0 radical (unpaired) electrons. The third-order valence-electron chi connectivity index (χ3n) is 5.45. The van der Waals surface area contributed by atoms with Gasteiger partial charge in [0.15, 0.2) is 15.7 Å². The largest absolute Gasteiger partial charge is 0.340 e. The molecule has 1 saturated heterocycles. The molecule has 2 unspecified atom stereocenters. The normalized spacial score (nSPS) is 24.0. The van der Waals surface area contributed by atoms with Crippen LogP contribution in [-0.2, 0) is 15.6 Å². The van der Waals surface area contributed by atoms with Crippen LogP contribution in [0.5, 0.6) is 0 Å². The third kappa shape index (κ3) is 3.82. The van der Waals surface area contributed by atoms with E-state index in [2.05, 4.69) is 10.1 Å². The van der Waals surface area contributed by atoms with E-state index >= 15 is 0 Å². The van der Waals surface area contributed by atoms with E-state index in [0.717, 1.165) is 24.2 Å². The molecule has 7 nitrogen and oxygen atoms in total. The Morgan fingerprint density at radius 1 is 1.29 bits per heavy atom. The summed E-state index contributed by atoms with van der Waals surface area (Å²) >= 11 is 1.48. The molecule has 1 saturated carbocycles. The first-order valence-electron chi connectivity index (χ1n) is 9.49. The number of fused-ring (bicyclic) bond motifs is 1. The molecule has 150 valence electrons. The molecule has 1 aromatic carbocycles. The molecule has 0 spiro atoms. The van der Waals surface area contributed by atoms with Gasteiger partial charge < -0.3 is 9.42 Å². The van der Waals surface area contributed by atoms with Gasteiger partial charge in [-0.3, -0.25) is 4.79 Å². The molecule has 9 heteroatoms. The number of aromatic nitrogens is 2. The smallest absolute Gasteiger partial charge is 0.255 e. The van der Waals surface area contributed by atoms with Crippen molar-refractivity contribution in [2.45, 2.75) is 54.5 Å². The molecular formula is C19H23N3O4S2. The van der Waals surface area contributed by atoms with E-state index in [9.17, 15) is 13.2 Å². The fourth-order valence-electron chi connectivity index (χ4n) is 4.11. The number of sulfone groups is 1. The molecule has 1 aliphatic heterocycles. The minimum atomic E-state index is -3.11. The molecule has 1 aliphatic carbocycles. The highest BCUT2D eigenvalue weighted by Crippen LogP contribution is 2.34. The Bertz CT molecular complexity index is 973. The van der Waals surface area contributed by atoms with Crippen molar-refractivity contribution in [3.8, 4) is 0 Å². The second-order valence-corrected chi connectivity index (χ2v) is 10.6. The number of carbonyl (C=O) groups excluding carboxylic acids is 1. The van der Waals surface area contributed by atoms with Crippen molar-refractivity contribution in [2.24, 2.45) is 0 Å². The van der Waals surface area contributed by atoms with Crippen LogP contribution in [0.2, 0.25) is 0 Å². The lowest BCUT2D eigenvalue weighted by Gasteiger charge is -2.43. The van der Waals surface area contributed by atoms with Crippen molar-refractivity contribution in [2.75, 3.05) is 12.3 Å². The highest BCUT2D eigenvalue weighted by atomic mass is 32.2. The summed E-state index contributed by atoms with van der Waals surface area (Å²) in [4.78, 5) is 20.2. The van der Waals surface area contributed by atoms with Gasteiger partial charge in [0.25, 0.3) is 5.91 Å². The maximum atomic E-state index is 13.4. The first kappa shape index (κ1) is 19.4. The maximum absolute atomic E-state index is 13.4. The van der Waals surface area contributed by atoms with E-state index in [1.165, 1.54) is 11.8 Å². The van der Waals surface area contributed by atoms with Crippen molar-refractivity contribution >= 4 is 27.5 Å². The van der Waals surface area contributed by atoms with Crippen LogP contribution in [0, 0.1) is 6.92 Å². The summed E-state index contributed by atoms with van der Waals surface area (Å²) < 4.78 is 30.0. The van der Waals surface area contributed by atoms with Crippen LogP contribution in [-0.4, -0.2) is 53.0 Å². The highest BCUT2D eigenvalue weighted by molar-refractivity contribution is 7.98. The van der Waals surface area contributed by atoms with Gasteiger partial charge in [-0.2, -0.15) is 4.98 Å². The zero-order valence-corrected chi connectivity index (χ0v) is 17.3. The van der Waals surface area contributed by atoms with Gasteiger partial charge in [-0.1, -0.05) is 30.1 Å². The Hall–Kier alpha value is -1.87. The minimum absolute atomic E-state index is 0.0529. The molecule has 28 heavy (non-hydrogen) atoms. The summed E-state index contributed by atoms with van der Waals surface area (Å²) in [5.41, 5.74) is 0.608. The van der Waals surface area contributed by atoms with Crippen molar-refractivity contribution in [1.82, 2.24) is 15.0 Å². The quantitative estimate of drug-likeness (QED) is 0.701. The standard InChI is InChI=1S/C19H23N3O4S2/c1-13-20-18(21-26-13)12-27-16-8-4-2-6-14(16)19(23)22-10-11-28(24,25)17-9-5-3-7-15(17)22/h2,4,6,8,15,17H,3,5,7,9-12H2,1H3. The SMILES string of the molecule is Cc1nc(CSc2ccccc2C(=O)N2CCS(=O)(=O)C3CCCCC32)no1. The number of carbonyl (C=O) groups is 1. The fraction of sp³-hybridized carbons (Fsp3) is 0.526. The molecule has 2 fully saturated rings. The van der Waals surface area contributed by atoms with Crippen LogP contribution in [0.3, 0.4) is 0 Å². The van der Waals surface area contributed by atoms with E-state index in [1.807, 2.05) is 24.3 Å². The number of benzene rings is 1. The van der Waals surface area contributed by atoms with Gasteiger partial charge in [-0.05, 0) is 25.0 Å². The lowest BCUT2D eigenvalue weighted by Crippen LogP contribution is -2.57. The van der Waals surface area contributed by atoms with Crippen molar-refractivity contribution in [3.05, 3.63) is 41.5 Å². The Morgan fingerprint density at radius 3 is 2.86 bits per heavy atom. The van der Waals surface area contributed by atoms with Gasteiger partial charge in [0.1, 0.15) is 0 Å². The fourth-order valence-corrected chi connectivity index (χ4v) is 7.04. The second kappa shape index (κ2) is 7.87. The molecule has 1 aromatic heterocycles. The average Bonchev–Trinajstić information content (AvgIpc) is 3.12. The van der Waals surface area contributed by atoms with E-state index in [-0.39, 0.29) is 24.2 Å². The van der Waals surface area contributed by atoms with Crippen LogP contribution in [0.25, 0.3) is 0 Å². The number of thioether (sulfide) groups is 1. The first-order valence-corrected chi connectivity index (χ1v) is 12.2. The van der Waals surface area contributed by atoms with Crippen molar-refractivity contribution in [3.63, 3.8) is 0 Å². The number of rotatable bonds is 4. The topological polar surface area (TPSA) is 93.4 Å². The molecular weight excluding hydrogens is 398 g/mol. The predicted octanol–water partition coefficient (Wildman–Crippen LogP) is 2.85. The van der Waals surface area contributed by atoms with Crippen molar-refractivity contribution < 1.29 is 17.7 Å². The molecule has 0 bridgehead atoms. The van der Waals surface area contributed by atoms with Gasteiger partial charge in [0, 0.05) is 24.4 Å². The lowest BCUT2D eigenvalue weighted by molar-refractivity contribution is 0.0635. The van der Waals surface area contributed by atoms with Gasteiger partial charge in [-0.25, -0.2) is 8.42 Å². The minimum Gasteiger partial charge on any atom is -0.340 e. The Morgan fingerprint density at radius 2 is 2.07 bits per heavy atom. The van der Waals surface area contributed by atoms with Gasteiger partial charge in [0.2, 0.25) is 5.89 Å². The van der Waals surface area contributed by atoms with Crippen molar-refractivity contribution in [1.29, 1.82) is 0 Å². The summed E-state index contributed by atoms with van der Waals surface area (Å²) in [6, 6.07) is 7.24. The van der Waals surface area contributed by atoms with Crippen LogP contribution in [0.1, 0.15) is 47.8 Å². The van der Waals surface area contributed by atoms with Gasteiger partial charge >= 0.3 is 0 Å². The lowest BCUT2D eigenvalue weighted by atomic mass is 9.92. The van der Waals surface area contributed by atoms with E-state index < -0.39 is 15.1 Å². The number of hydrogen-bond donors (Lipinski definition) is 0. The molecule has 2 aliphatic rings. The summed E-state index contributed by atoms with van der Waals surface area (Å²) in [5, 5.41) is 3.48. The van der Waals surface area contributed by atoms with Crippen LogP contribution >= 0.6 is 11.8 Å². The predicted molar refractivity (Wildman–Crippen MR) is 106 cm³/mol. The Balaban J connectivity index is 1.56. The van der Waals surface area contributed by atoms with Crippen LogP contribution in [0.15, 0.2) is 33.7 Å². The van der Waals surface area contributed by atoms with Crippen LogP contribution in [0.4, 0.5) is 0 Å². The molecule has 0 N–H and O–H groups in total. The third-order valence-corrected chi connectivity index (χ3v) is 8.74.